The van der Waals surface area contributed by atoms with Gasteiger partial charge in [0.2, 0.25) is 5.91 Å². The van der Waals surface area contributed by atoms with Crippen LogP contribution >= 0.6 is 23.2 Å². The van der Waals surface area contributed by atoms with Gasteiger partial charge >= 0.3 is 0 Å². The summed E-state index contributed by atoms with van der Waals surface area (Å²) in [5.74, 6) is 0.774. The second-order valence-electron chi connectivity index (χ2n) is 7.52. The van der Waals surface area contributed by atoms with Crippen molar-refractivity contribution in [3.63, 3.8) is 0 Å². The minimum Gasteiger partial charge on any atom is -0.491 e. The zero-order valence-corrected chi connectivity index (χ0v) is 18.0. The number of rotatable bonds is 5. The van der Waals surface area contributed by atoms with Gasteiger partial charge in [-0.2, -0.15) is 0 Å². The number of piperazine rings is 1. The van der Waals surface area contributed by atoms with E-state index in [0.717, 1.165) is 55.4 Å². The van der Waals surface area contributed by atoms with Crippen molar-refractivity contribution < 1.29 is 9.53 Å². The maximum absolute atomic E-state index is 12.0. The Hall–Kier alpha value is -1.95. The molecule has 7 heteroatoms. The van der Waals surface area contributed by atoms with Gasteiger partial charge in [-0.15, -0.1) is 0 Å². The van der Waals surface area contributed by atoms with E-state index in [-0.39, 0.29) is 5.91 Å². The smallest absolute Gasteiger partial charge is 0.227 e. The molecule has 2 aromatic rings. The zero-order chi connectivity index (χ0) is 20.4. The van der Waals surface area contributed by atoms with Crippen molar-refractivity contribution in [3.05, 3.63) is 52.0 Å². The molecule has 1 amide bonds. The number of anilines is 2. The maximum atomic E-state index is 12.0. The quantitative estimate of drug-likeness (QED) is 0.710. The molecule has 2 heterocycles. The second-order valence-corrected chi connectivity index (χ2v) is 8.36. The van der Waals surface area contributed by atoms with Gasteiger partial charge in [-0.3, -0.25) is 9.69 Å². The topological polar surface area (TPSA) is 36.0 Å². The fraction of sp³-hybridized carbons (Fsp3) is 0.409. The van der Waals surface area contributed by atoms with E-state index in [9.17, 15) is 4.79 Å². The maximum Gasteiger partial charge on any atom is 0.227 e. The summed E-state index contributed by atoms with van der Waals surface area (Å²) in [6, 6.07) is 11.8. The summed E-state index contributed by atoms with van der Waals surface area (Å²) in [4.78, 5) is 18.4. The number of aryl methyl sites for hydroxylation is 1. The highest BCUT2D eigenvalue weighted by atomic mass is 35.5. The largest absolute Gasteiger partial charge is 0.491 e. The fourth-order valence-corrected chi connectivity index (χ4v) is 4.28. The number of hydrogen-bond acceptors (Lipinski definition) is 4. The zero-order valence-electron chi connectivity index (χ0n) is 16.5. The number of carbonyl (C=O) groups excluding carboxylic acids is 1. The Balaban J connectivity index is 1.29. The van der Waals surface area contributed by atoms with E-state index in [0.29, 0.717) is 23.8 Å². The van der Waals surface area contributed by atoms with Gasteiger partial charge in [-0.1, -0.05) is 23.2 Å². The van der Waals surface area contributed by atoms with Crippen LogP contribution in [0.15, 0.2) is 36.4 Å². The van der Waals surface area contributed by atoms with Crippen molar-refractivity contribution in [2.24, 2.45) is 0 Å². The van der Waals surface area contributed by atoms with E-state index in [1.807, 2.05) is 24.3 Å². The first-order chi connectivity index (χ1) is 14.0. The van der Waals surface area contributed by atoms with Crippen LogP contribution < -0.4 is 14.5 Å². The molecule has 0 radical (unpaired) electrons. The molecule has 1 saturated heterocycles. The van der Waals surface area contributed by atoms with Crippen LogP contribution in [0.5, 0.6) is 5.75 Å². The Morgan fingerprint density at radius 2 is 1.72 bits per heavy atom. The average molecular weight is 434 g/mol. The Kier molecular flexibility index (Phi) is 6.18. The summed E-state index contributed by atoms with van der Waals surface area (Å²) in [5, 5.41) is 1.37. The second kappa shape index (κ2) is 8.82. The van der Waals surface area contributed by atoms with Gasteiger partial charge in [0.15, 0.2) is 0 Å². The van der Waals surface area contributed by atoms with E-state index in [1.54, 1.807) is 11.9 Å². The lowest BCUT2D eigenvalue weighted by molar-refractivity contribution is -0.118. The summed E-state index contributed by atoms with van der Waals surface area (Å²) in [7, 11) is 1.80. The van der Waals surface area contributed by atoms with E-state index < -0.39 is 0 Å². The highest BCUT2D eigenvalue weighted by Crippen LogP contribution is 2.36. The Labute approximate surface area is 181 Å². The van der Waals surface area contributed by atoms with Gasteiger partial charge in [0, 0.05) is 63.0 Å². The molecule has 2 aliphatic heterocycles. The van der Waals surface area contributed by atoms with E-state index in [2.05, 4.69) is 21.9 Å². The third kappa shape index (κ3) is 4.63. The number of hydrogen-bond donors (Lipinski definition) is 0. The summed E-state index contributed by atoms with van der Waals surface area (Å²) in [6.07, 6.45) is 1.26. The van der Waals surface area contributed by atoms with Crippen LogP contribution in [0.25, 0.3) is 0 Å². The van der Waals surface area contributed by atoms with Crippen LogP contribution in [-0.2, 0) is 11.2 Å². The lowest BCUT2D eigenvalue weighted by Gasteiger charge is -2.36. The highest BCUT2D eigenvalue weighted by molar-refractivity contribution is 6.32. The highest BCUT2D eigenvalue weighted by Gasteiger charge is 2.23. The first kappa shape index (κ1) is 20.3. The number of halogens is 2. The number of fused-ring (bicyclic) bond motifs is 1. The van der Waals surface area contributed by atoms with Gasteiger partial charge in [-0.05, 0) is 42.3 Å². The van der Waals surface area contributed by atoms with Gasteiger partial charge in [-0.25, -0.2) is 0 Å². The van der Waals surface area contributed by atoms with Crippen LogP contribution in [0.3, 0.4) is 0 Å². The summed E-state index contributed by atoms with van der Waals surface area (Å²) in [5.41, 5.74) is 3.21. The van der Waals surface area contributed by atoms with E-state index >= 15 is 0 Å². The lowest BCUT2D eigenvalue weighted by atomic mass is 10.0. The molecule has 0 N–H and O–H groups in total. The molecule has 1 fully saturated rings. The predicted molar refractivity (Wildman–Crippen MR) is 119 cm³/mol. The molecular weight excluding hydrogens is 409 g/mol. The third-order valence-electron chi connectivity index (χ3n) is 5.71. The molecule has 4 rings (SSSR count). The van der Waals surface area contributed by atoms with Crippen LogP contribution in [0.2, 0.25) is 10.0 Å². The lowest BCUT2D eigenvalue weighted by Crippen LogP contribution is -2.47. The Bertz CT molecular complexity index is 880. The van der Waals surface area contributed by atoms with Crippen LogP contribution in [0.1, 0.15) is 12.0 Å². The molecule has 0 aliphatic carbocycles. The first-order valence-electron chi connectivity index (χ1n) is 9.96. The fourth-order valence-electron chi connectivity index (χ4n) is 3.92. The van der Waals surface area contributed by atoms with E-state index in [1.165, 1.54) is 5.69 Å². The standard InChI is InChI=1S/C22H25Cl2N3O2/c1-25-20-15-21(19(24)14-16(20)2-7-22(25)28)29-13-12-26-8-10-27(11-9-26)18-5-3-17(23)4-6-18/h3-6,14-15H,2,7-13H2,1H3. The molecule has 2 aromatic carbocycles. The molecule has 0 saturated carbocycles. The van der Waals surface area contributed by atoms with Gasteiger partial charge in [0.25, 0.3) is 0 Å². The van der Waals surface area contributed by atoms with Crippen LogP contribution in [0, 0.1) is 0 Å². The summed E-state index contributed by atoms with van der Waals surface area (Å²) >= 11 is 12.4. The monoisotopic (exact) mass is 433 g/mol. The summed E-state index contributed by atoms with van der Waals surface area (Å²) in [6.45, 7) is 5.35. The molecule has 0 unspecified atom stereocenters. The van der Waals surface area contributed by atoms with Gasteiger partial charge < -0.3 is 14.5 Å². The number of benzene rings is 2. The molecule has 0 aromatic heterocycles. The third-order valence-corrected chi connectivity index (χ3v) is 6.25. The minimum atomic E-state index is 0.129. The molecule has 29 heavy (non-hydrogen) atoms. The van der Waals surface area contributed by atoms with Gasteiger partial charge in [0.05, 0.1) is 10.7 Å². The van der Waals surface area contributed by atoms with Crippen molar-refractivity contribution in [3.8, 4) is 5.75 Å². The molecule has 0 bridgehead atoms. The Morgan fingerprint density at radius 3 is 2.45 bits per heavy atom. The van der Waals surface area contributed by atoms with Crippen molar-refractivity contribution in [1.29, 1.82) is 0 Å². The molecule has 0 atom stereocenters. The SMILES string of the molecule is CN1C(=O)CCc2cc(Cl)c(OCCN3CCN(c4ccc(Cl)cc4)CC3)cc21. The van der Waals surface area contributed by atoms with Crippen molar-refractivity contribution in [2.75, 3.05) is 56.2 Å². The molecule has 0 spiro atoms. The number of carbonyl (C=O) groups is 1. The van der Waals surface area contributed by atoms with Crippen molar-refractivity contribution in [2.45, 2.75) is 12.8 Å². The van der Waals surface area contributed by atoms with Gasteiger partial charge in [0.1, 0.15) is 12.4 Å². The minimum absolute atomic E-state index is 0.129. The molecule has 154 valence electrons. The van der Waals surface area contributed by atoms with Crippen molar-refractivity contribution >= 4 is 40.5 Å². The first-order valence-corrected chi connectivity index (χ1v) is 10.7. The van der Waals surface area contributed by atoms with Crippen molar-refractivity contribution in [1.82, 2.24) is 4.90 Å². The van der Waals surface area contributed by atoms with Crippen LogP contribution in [0.4, 0.5) is 11.4 Å². The number of ether oxygens (including phenoxy) is 1. The van der Waals surface area contributed by atoms with Crippen LogP contribution in [-0.4, -0.2) is 57.2 Å². The number of amides is 1. The number of nitrogens with zero attached hydrogens (tertiary/aromatic N) is 3. The average Bonchev–Trinajstić information content (AvgIpc) is 2.73. The normalized spacial score (nSPS) is 17.4. The molecule has 2 aliphatic rings. The Morgan fingerprint density at radius 1 is 1.00 bits per heavy atom. The summed E-state index contributed by atoms with van der Waals surface area (Å²) < 4.78 is 5.97. The van der Waals surface area contributed by atoms with E-state index in [4.69, 9.17) is 27.9 Å². The predicted octanol–water partition coefficient (Wildman–Crippen LogP) is 4.10. The molecule has 5 nitrogen and oxygen atoms in total. The molecular formula is C22H25Cl2N3O2.